The third-order valence-corrected chi connectivity index (χ3v) is 2.63. The number of hydrogen-bond acceptors (Lipinski definition) is 5. The van der Waals surface area contributed by atoms with Crippen molar-refractivity contribution in [2.45, 2.75) is 38.6 Å². The molecule has 1 heterocycles. The average molecular weight is 255 g/mol. The van der Waals surface area contributed by atoms with Gasteiger partial charge in [0.15, 0.2) is 0 Å². The van der Waals surface area contributed by atoms with Gasteiger partial charge in [0.25, 0.3) is 0 Å². The Morgan fingerprint density at radius 1 is 1.38 bits per heavy atom. The third kappa shape index (κ3) is 3.93. The van der Waals surface area contributed by atoms with Crippen molar-refractivity contribution in [1.29, 1.82) is 0 Å². The lowest BCUT2D eigenvalue weighted by Gasteiger charge is -2.13. The number of halogens is 3. The Kier molecular flexibility index (Phi) is 4.09. The molecule has 16 heavy (non-hydrogen) atoms. The Hall–Kier alpha value is -0.890. The monoisotopic (exact) mass is 255 g/mol. The van der Waals surface area contributed by atoms with Crippen molar-refractivity contribution in [3.63, 3.8) is 0 Å². The van der Waals surface area contributed by atoms with Gasteiger partial charge in [-0.15, -0.1) is 10.2 Å². The summed E-state index contributed by atoms with van der Waals surface area (Å²) in [5.74, 6) is 0. The van der Waals surface area contributed by atoms with Crippen LogP contribution < -0.4 is 5.32 Å². The Balaban J connectivity index is 2.59. The van der Waals surface area contributed by atoms with Crippen molar-refractivity contribution in [3.8, 4) is 0 Å². The van der Waals surface area contributed by atoms with Crippen LogP contribution in [-0.2, 0) is 6.18 Å². The number of alkyl halides is 3. The fourth-order valence-electron chi connectivity index (χ4n) is 1.18. The van der Waals surface area contributed by atoms with Gasteiger partial charge in [0.2, 0.25) is 10.1 Å². The highest BCUT2D eigenvalue weighted by Gasteiger charge is 2.35. The van der Waals surface area contributed by atoms with Gasteiger partial charge in [-0.1, -0.05) is 11.3 Å². The summed E-state index contributed by atoms with van der Waals surface area (Å²) < 4.78 is 36.6. The predicted octanol–water partition coefficient (Wildman–Crippen LogP) is 2.13. The van der Waals surface area contributed by atoms with Crippen molar-refractivity contribution in [1.82, 2.24) is 10.2 Å². The standard InChI is InChI=1S/C8H12F3N3OS/c1-4(3-5(2)15)12-7-14-13-6(16-7)8(9,10)11/h4-5,15H,3H2,1-2H3,(H,12,14). The zero-order valence-corrected chi connectivity index (χ0v) is 9.56. The summed E-state index contributed by atoms with van der Waals surface area (Å²) in [6.45, 7) is 3.36. The van der Waals surface area contributed by atoms with E-state index in [0.29, 0.717) is 17.8 Å². The lowest BCUT2D eigenvalue weighted by molar-refractivity contribution is -0.138. The molecule has 0 aliphatic heterocycles. The van der Waals surface area contributed by atoms with Crippen LogP contribution in [0.1, 0.15) is 25.3 Å². The van der Waals surface area contributed by atoms with Gasteiger partial charge in [-0.25, -0.2) is 0 Å². The zero-order valence-electron chi connectivity index (χ0n) is 8.75. The number of aliphatic hydroxyl groups excluding tert-OH is 1. The van der Waals surface area contributed by atoms with Crippen molar-refractivity contribution < 1.29 is 18.3 Å². The SMILES string of the molecule is CC(O)CC(C)Nc1nnc(C(F)(F)F)s1. The Morgan fingerprint density at radius 3 is 2.44 bits per heavy atom. The highest BCUT2D eigenvalue weighted by Crippen LogP contribution is 2.33. The third-order valence-electron chi connectivity index (χ3n) is 1.73. The number of hydrogen-bond donors (Lipinski definition) is 2. The first-order valence-corrected chi connectivity index (χ1v) is 5.46. The molecule has 0 amide bonds. The zero-order chi connectivity index (χ0) is 12.3. The number of anilines is 1. The molecule has 0 aromatic carbocycles. The summed E-state index contributed by atoms with van der Waals surface area (Å²) in [5, 5.41) is 17.4. The van der Waals surface area contributed by atoms with Crippen LogP contribution >= 0.6 is 11.3 Å². The number of rotatable bonds is 4. The topological polar surface area (TPSA) is 58.0 Å². The van der Waals surface area contributed by atoms with Crippen molar-refractivity contribution in [2.24, 2.45) is 0 Å². The maximum atomic E-state index is 12.2. The summed E-state index contributed by atoms with van der Waals surface area (Å²) >= 11 is 0.455. The van der Waals surface area contributed by atoms with Crippen LogP contribution in [0.25, 0.3) is 0 Å². The number of nitrogens with zero attached hydrogens (tertiary/aromatic N) is 2. The van der Waals surface area contributed by atoms with Gasteiger partial charge in [-0.3, -0.25) is 0 Å². The van der Waals surface area contributed by atoms with Crippen LogP contribution in [0.3, 0.4) is 0 Å². The highest BCUT2D eigenvalue weighted by atomic mass is 32.1. The maximum Gasteiger partial charge on any atom is 0.445 e. The maximum absolute atomic E-state index is 12.2. The second-order valence-corrected chi connectivity index (χ2v) is 4.52. The van der Waals surface area contributed by atoms with Gasteiger partial charge in [-0.2, -0.15) is 13.2 Å². The van der Waals surface area contributed by atoms with Gasteiger partial charge < -0.3 is 10.4 Å². The second-order valence-electron chi connectivity index (χ2n) is 3.54. The Bertz CT molecular complexity index is 340. The van der Waals surface area contributed by atoms with E-state index in [1.807, 2.05) is 0 Å². The Morgan fingerprint density at radius 2 is 2.00 bits per heavy atom. The van der Waals surface area contributed by atoms with E-state index in [1.165, 1.54) is 0 Å². The summed E-state index contributed by atoms with van der Waals surface area (Å²) in [5.41, 5.74) is 0. The fourth-order valence-corrected chi connectivity index (χ4v) is 1.90. The second kappa shape index (κ2) is 4.96. The van der Waals surface area contributed by atoms with E-state index in [0.717, 1.165) is 0 Å². The molecule has 1 aromatic rings. The quantitative estimate of drug-likeness (QED) is 0.865. The molecule has 2 N–H and O–H groups in total. The van der Waals surface area contributed by atoms with Crippen LogP contribution in [-0.4, -0.2) is 27.4 Å². The minimum Gasteiger partial charge on any atom is -0.393 e. The van der Waals surface area contributed by atoms with Crippen LogP contribution in [0.15, 0.2) is 0 Å². The van der Waals surface area contributed by atoms with Gasteiger partial charge in [0.1, 0.15) is 0 Å². The molecule has 2 atom stereocenters. The lowest BCUT2D eigenvalue weighted by atomic mass is 10.2. The van der Waals surface area contributed by atoms with Crippen molar-refractivity contribution >= 4 is 16.5 Å². The molecule has 1 rings (SSSR count). The number of aromatic nitrogens is 2. The molecule has 0 bridgehead atoms. The first kappa shape index (κ1) is 13.2. The van der Waals surface area contributed by atoms with Crippen LogP contribution in [0.4, 0.5) is 18.3 Å². The van der Waals surface area contributed by atoms with Crippen LogP contribution in [0.2, 0.25) is 0 Å². The predicted molar refractivity (Wildman–Crippen MR) is 54.3 cm³/mol. The van der Waals surface area contributed by atoms with Gasteiger partial charge in [-0.05, 0) is 20.3 Å². The number of aliphatic hydroxyl groups is 1. The Labute approximate surface area is 94.5 Å². The first-order valence-electron chi connectivity index (χ1n) is 4.64. The molecule has 1 aromatic heterocycles. The lowest BCUT2D eigenvalue weighted by Crippen LogP contribution is -2.20. The summed E-state index contributed by atoms with van der Waals surface area (Å²) in [4.78, 5) is 0. The minimum atomic E-state index is -4.45. The molecule has 0 fully saturated rings. The van der Waals surface area contributed by atoms with E-state index in [-0.39, 0.29) is 11.2 Å². The van der Waals surface area contributed by atoms with E-state index < -0.39 is 17.3 Å². The molecule has 0 aliphatic rings. The minimum absolute atomic E-state index is 0.112. The van der Waals surface area contributed by atoms with Crippen LogP contribution in [0.5, 0.6) is 0 Å². The van der Waals surface area contributed by atoms with Gasteiger partial charge >= 0.3 is 6.18 Å². The molecule has 0 radical (unpaired) electrons. The normalized spacial score (nSPS) is 15.9. The fraction of sp³-hybridized carbons (Fsp3) is 0.750. The van der Waals surface area contributed by atoms with E-state index in [2.05, 4.69) is 15.5 Å². The molecule has 0 spiro atoms. The van der Waals surface area contributed by atoms with Crippen LogP contribution in [0, 0.1) is 0 Å². The molecular weight excluding hydrogens is 243 g/mol. The molecule has 2 unspecified atom stereocenters. The van der Waals surface area contributed by atoms with E-state index in [4.69, 9.17) is 5.11 Å². The van der Waals surface area contributed by atoms with E-state index >= 15 is 0 Å². The highest BCUT2D eigenvalue weighted by molar-refractivity contribution is 7.15. The molecule has 0 saturated heterocycles. The molecule has 0 saturated carbocycles. The summed E-state index contributed by atoms with van der Waals surface area (Å²) in [6, 6.07) is -0.158. The largest absolute Gasteiger partial charge is 0.445 e. The van der Waals surface area contributed by atoms with E-state index in [9.17, 15) is 13.2 Å². The molecule has 92 valence electrons. The summed E-state index contributed by atoms with van der Waals surface area (Å²) in [6.07, 6.45) is -4.54. The molecule has 0 aliphatic carbocycles. The van der Waals surface area contributed by atoms with Gasteiger partial charge in [0, 0.05) is 6.04 Å². The number of nitrogens with one attached hydrogen (secondary N) is 1. The van der Waals surface area contributed by atoms with Crippen molar-refractivity contribution in [2.75, 3.05) is 5.32 Å². The average Bonchev–Trinajstić information content (AvgIpc) is 2.49. The van der Waals surface area contributed by atoms with E-state index in [1.54, 1.807) is 13.8 Å². The van der Waals surface area contributed by atoms with Crippen molar-refractivity contribution in [3.05, 3.63) is 5.01 Å². The molecular formula is C8H12F3N3OS. The smallest absolute Gasteiger partial charge is 0.393 e. The van der Waals surface area contributed by atoms with Gasteiger partial charge in [0.05, 0.1) is 6.10 Å². The first-order chi connectivity index (χ1) is 7.29. The molecule has 4 nitrogen and oxygen atoms in total. The summed E-state index contributed by atoms with van der Waals surface area (Å²) in [7, 11) is 0. The molecule has 8 heteroatoms.